The van der Waals surface area contributed by atoms with Gasteiger partial charge in [0.15, 0.2) is 0 Å². The molecule has 0 radical (unpaired) electrons. The van der Waals surface area contributed by atoms with E-state index in [1.165, 1.54) is 0 Å². The van der Waals surface area contributed by atoms with Gasteiger partial charge in [0, 0.05) is 0 Å². The third-order valence-electron chi connectivity index (χ3n) is 3.25. The van der Waals surface area contributed by atoms with Crippen molar-refractivity contribution in [1.29, 1.82) is 0 Å². The van der Waals surface area contributed by atoms with Gasteiger partial charge in [0.25, 0.3) is 11.8 Å². The van der Waals surface area contributed by atoms with Gasteiger partial charge < -0.3 is 9.47 Å². The van der Waals surface area contributed by atoms with Crippen molar-refractivity contribution in [3.63, 3.8) is 0 Å². The quantitative estimate of drug-likeness (QED) is 0.690. The minimum Gasteiger partial charge on any atom is -0.431 e. The molecule has 2 aromatic rings. The average molecular weight is 272 g/mol. The first-order valence-corrected chi connectivity index (χ1v) is 6.32. The van der Waals surface area contributed by atoms with Crippen molar-refractivity contribution in [1.82, 2.24) is 0 Å². The van der Waals surface area contributed by atoms with E-state index in [9.17, 15) is 0 Å². The fourth-order valence-corrected chi connectivity index (χ4v) is 2.45. The minimum atomic E-state index is 0.253. The second-order valence-electron chi connectivity index (χ2n) is 4.47. The molecule has 4 rings (SSSR count). The van der Waals surface area contributed by atoms with E-state index in [2.05, 4.69) is 27.7 Å². The summed E-state index contributed by atoms with van der Waals surface area (Å²) in [4.78, 5) is 8.71. The molecule has 2 heterocycles. The van der Waals surface area contributed by atoms with Crippen molar-refractivity contribution >= 4 is 33.9 Å². The molecule has 98 valence electrons. The van der Waals surface area contributed by atoms with Gasteiger partial charge in [0.05, 0.1) is 22.1 Å². The molecule has 0 unspecified atom stereocenters. The number of rotatable bonds is 0. The maximum absolute atomic E-state index is 5.71. The summed E-state index contributed by atoms with van der Waals surface area (Å²) in [7, 11) is 0. The lowest BCUT2D eigenvalue weighted by molar-refractivity contribution is 0.552. The molecule has 2 aliphatic heterocycles. The number of hydrogen-bond donors (Lipinski definition) is 0. The molecule has 0 amide bonds. The van der Waals surface area contributed by atoms with Gasteiger partial charge in [-0.2, -0.15) is 0 Å². The second-order valence-corrected chi connectivity index (χ2v) is 4.47. The maximum atomic E-state index is 5.71. The van der Waals surface area contributed by atoms with Crippen LogP contribution in [0.5, 0.6) is 11.5 Å². The van der Waals surface area contributed by atoms with Crippen LogP contribution in [0.15, 0.2) is 34.3 Å². The molecule has 0 saturated carbocycles. The van der Waals surface area contributed by atoms with Crippen LogP contribution in [-0.2, 0) is 0 Å². The van der Waals surface area contributed by atoms with Crippen LogP contribution < -0.4 is 9.47 Å². The largest absolute Gasteiger partial charge is 0.431 e. The number of benzene rings is 2. The summed E-state index contributed by atoms with van der Waals surface area (Å²) >= 11 is 0. The van der Waals surface area contributed by atoms with Crippen LogP contribution in [0.25, 0.3) is 10.8 Å². The number of terminal acetylenes is 1. The van der Waals surface area contributed by atoms with Crippen LogP contribution in [0.1, 0.15) is 6.92 Å². The summed E-state index contributed by atoms with van der Waals surface area (Å²) in [6, 6.07) is 7.40. The van der Waals surface area contributed by atoms with Gasteiger partial charge in [0.1, 0.15) is 11.5 Å². The highest BCUT2D eigenvalue weighted by Gasteiger charge is 2.23. The number of aliphatic imine (C=N–C) groups is 2. The van der Waals surface area contributed by atoms with Crippen LogP contribution in [0.4, 0.5) is 11.4 Å². The Bertz CT molecular complexity index is 966. The van der Waals surface area contributed by atoms with E-state index < -0.39 is 0 Å². The van der Waals surface area contributed by atoms with E-state index in [4.69, 9.17) is 15.9 Å². The molecule has 0 N–H and O–H groups in total. The summed E-state index contributed by atoms with van der Waals surface area (Å²) in [6.45, 7) is 1.74. The lowest BCUT2D eigenvalue weighted by Gasteiger charge is -2.20. The zero-order valence-electron chi connectivity index (χ0n) is 11.1. The highest BCUT2D eigenvalue weighted by atomic mass is 16.5. The molecule has 2 aromatic carbocycles. The van der Waals surface area contributed by atoms with Crippen LogP contribution in [-0.4, -0.2) is 11.8 Å². The molecule has 0 bridgehead atoms. The summed E-state index contributed by atoms with van der Waals surface area (Å²) in [5, 5.41) is 1.72. The van der Waals surface area contributed by atoms with Crippen molar-refractivity contribution in [2.45, 2.75) is 6.92 Å². The van der Waals surface area contributed by atoms with E-state index in [0.717, 1.165) is 22.1 Å². The first-order valence-electron chi connectivity index (χ1n) is 6.32. The minimum absolute atomic E-state index is 0.253. The summed E-state index contributed by atoms with van der Waals surface area (Å²) in [5.41, 5.74) is 1.55. The summed E-state index contributed by atoms with van der Waals surface area (Å²) < 4.78 is 11.3. The Kier molecular flexibility index (Phi) is 2.27. The van der Waals surface area contributed by atoms with Crippen molar-refractivity contribution in [2.24, 2.45) is 9.98 Å². The fraction of sp³-hybridized carbons (Fsp3) is 0.0588. The Labute approximate surface area is 121 Å². The van der Waals surface area contributed by atoms with Gasteiger partial charge in [0.2, 0.25) is 0 Å². The van der Waals surface area contributed by atoms with E-state index >= 15 is 0 Å². The monoisotopic (exact) mass is 272 g/mol. The lowest BCUT2D eigenvalue weighted by Crippen LogP contribution is -2.12. The number of nitrogens with zero attached hydrogens (tertiary/aromatic N) is 2. The fourth-order valence-electron chi connectivity index (χ4n) is 2.45. The Morgan fingerprint density at radius 1 is 0.905 bits per heavy atom. The number of hydrogen-bond acceptors (Lipinski definition) is 4. The molecule has 0 aromatic heterocycles. The highest BCUT2D eigenvalue weighted by Crippen LogP contribution is 2.47. The van der Waals surface area contributed by atoms with E-state index in [1.54, 1.807) is 6.92 Å². The first-order chi connectivity index (χ1) is 10.3. The van der Waals surface area contributed by atoms with Gasteiger partial charge in [-0.15, -0.1) is 6.42 Å². The predicted octanol–water partition coefficient (Wildman–Crippen LogP) is 3.34. The van der Waals surface area contributed by atoms with E-state index in [-0.39, 0.29) is 5.90 Å². The Morgan fingerprint density at radius 2 is 1.48 bits per heavy atom. The Morgan fingerprint density at radius 3 is 2.05 bits per heavy atom. The van der Waals surface area contributed by atoms with Gasteiger partial charge in [-0.1, -0.05) is 5.92 Å². The molecule has 0 spiro atoms. The topological polar surface area (TPSA) is 43.2 Å². The SMILES string of the molecule is C#CC1=Nc2ccc3c4c(ccc(c24)O1)N=C(C#CC)O3. The van der Waals surface area contributed by atoms with Crippen molar-refractivity contribution in [3.8, 4) is 35.7 Å². The predicted molar refractivity (Wildman–Crippen MR) is 81.7 cm³/mol. The molecule has 4 nitrogen and oxygen atoms in total. The molecular weight excluding hydrogens is 264 g/mol. The molecule has 0 atom stereocenters. The van der Waals surface area contributed by atoms with Crippen molar-refractivity contribution in [2.75, 3.05) is 0 Å². The lowest BCUT2D eigenvalue weighted by atomic mass is 10.0. The van der Waals surface area contributed by atoms with Gasteiger partial charge in [-0.05, 0) is 43.0 Å². The van der Waals surface area contributed by atoms with Crippen LogP contribution in [0, 0.1) is 24.2 Å². The number of ether oxygens (including phenoxy) is 2. The van der Waals surface area contributed by atoms with Crippen molar-refractivity contribution in [3.05, 3.63) is 24.3 Å². The molecule has 2 aliphatic rings. The van der Waals surface area contributed by atoms with Crippen LogP contribution in [0.2, 0.25) is 0 Å². The smallest absolute Gasteiger partial charge is 0.274 e. The summed E-state index contributed by atoms with van der Waals surface area (Å²) in [6.07, 6.45) is 5.37. The maximum Gasteiger partial charge on any atom is 0.274 e. The molecule has 4 heteroatoms. The standard InChI is InChI=1S/C17H8N2O2/c1-3-5-15-19-11-7-8-12-16-10(18-14(4-2)20-12)6-9-13(21-15)17(11)16/h2,6-9H,1H3. The second kappa shape index (κ2) is 4.13. The normalized spacial score (nSPS) is 13.9. The zero-order chi connectivity index (χ0) is 14.4. The van der Waals surface area contributed by atoms with Gasteiger partial charge in [-0.3, -0.25) is 0 Å². The van der Waals surface area contributed by atoms with Crippen LogP contribution in [0.3, 0.4) is 0 Å². The summed E-state index contributed by atoms with van der Waals surface area (Å²) in [5.74, 6) is 10.0. The van der Waals surface area contributed by atoms with Crippen LogP contribution >= 0.6 is 0 Å². The Hall–Kier alpha value is -3.24. The third kappa shape index (κ3) is 1.60. The molecule has 0 saturated heterocycles. The third-order valence-corrected chi connectivity index (χ3v) is 3.25. The highest BCUT2D eigenvalue weighted by molar-refractivity contribution is 6.15. The first kappa shape index (κ1) is 11.6. The average Bonchev–Trinajstić information content (AvgIpc) is 2.52. The van der Waals surface area contributed by atoms with Crippen molar-refractivity contribution < 1.29 is 9.47 Å². The van der Waals surface area contributed by atoms with E-state index in [0.29, 0.717) is 17.4 Å². The molecular formula is C17H8N2O2. The molecule has 0 aliphatic carbocycles. The molecule has 0 fully saturated rings. The Balaban J connectivity index is 2.07. The van der Waals surface area contributed by atoms with Gasteiger partial charge in [-0.25, -0.2) is 9.98 Å². The van der Waals surface area contributed by atoms with E-state index in [1.807, 2.05) is 24.3 Å². The zero-order valence-corrected chi connectivity index (χ0v) is 11.1. The molecule has 21 heavy (non-hydrogen) atoms. The van der Waals surface area contributed by atoms with Gasteiger partial charge >= 0.3 is 0 Å².